The highest BCUT2D eigenvalue weighted by molar-refractivity contribution is 5.95. The topological polar surface area (TPSA) is 90.8 Å². The molecule has 0 amide bonds. The van der Waals surface area contributed by atoms with Crippen LogP contribution in [0.5, 0.6) is 23.5 Å². The number of carbonyl (C=O) groups is 1. The molecule has 2 rings (SSSR count). The number of methoxy groups -OCH3 is 2. The molecule has 1 aromatic carbocycles. The molecule has 0 atom stereocenters. The molecule has 1 aromatic heterocycles. The van der Waals surface area contributed by atoms with Crippen LogP contribution in [0.4, 0.5) is 0 Å². The minimum absolute atomic E-state index is 0.0251. The first kappa shape index (κ1) is 15.3. The second-order valence-electron chi connectivity index (χ2n) is 4.07. The van der Waals surface area contributed by atoms with Crippen molar-refractivity contribution in [3.63, 3.8) is 0 Å². The summed E-state index contributed by atoms with van der Waals surface area (Å²) in [4.78, 5) is 19.4. The van der Waals surface area contributed by atoms with Crippen LogP contribution in [0, 0.1) is 0 Å². The standard InChI is InChI=1S/C15H14N2O5/c1-4-9-6-5-7-10(13(9)14(18)19)22-15-16-11(20-2)8-12(17-15)21-3/h4-8H,1H2,2-3H3,(H,18,19). The molecule has 0 unspecified atom stereocenters. The molecule has 2 aromatic rings. The molecule has 0 aliphatic heterocycles. The number of carboxylic acid groups (broad SMARTS) is 1. The second kappa shape index (κ2) is 6.57. The van der Waals surface area contributed by atoms with Gasteiger partial charge in [-0.2, -0.15) is 9.97 Å². The Bertz CT molecular complexity index is 693. The van der Waals surface area contributed by atoms with Crippen molar-refractivity contribution in [1.82, 2.24) is 9.97 Å². The summed E-state index contributed by atoms with van der Waals surface area (Å²) in [6, 6.07) is 6.17. The van der Waals surface area contributed by atoms with E-state index in [0.717, 1.165) is 0 Å². The largest absolute Gasteiger partial charge is 0.481 e. The maximum atomic E-state index is 11.4. The van der Waals surface area contributed by atoms with E-state index in [-0.39, 0.29) is 29.1 Å². The average molecular weight is 302 g/mol. The Morgan fingerprint density at radius 3 is 2.36 bits per heavy atom. The molecule has 0 aliphatic rings. The number of aromatic nitrogens is 2. The van der Waals surface area contributed by atoms with Gasteiger partial charge < -0.3 is 19.3 Å². The van der Waals surface area contributed by atoms with Crippen molar-refractivity contribution < 1.29 is 24.1 Å². The summed E-state index contributed by atoms with van der Waals surface area (Å²) in [7, 11) is 2.87. The molecule has 114 valence electrons. The van der Waals surface area contributed by atoms with Crippen LogP contribution in [0.15, 0.2) is 30.8 Å². The third kappa shape index (κ3) is 3.14. The van der Waals surface area contributed by atoms with Gasteiger partial charge >= 0.3 is 12.0 Å². The fourth-order valence-electron chi connectivity index (χ4n) is 1.77. The van der Waals surface area contributed by atoms with Crippen molar-refractivity contribution in [3.8, 4) is 23.5 Å². The van der Waals surface area contributed by atoms with Crippen molar-refractivity contribution in [2.24, 2.45) is 0 Å². The normalized spacial score (nSPS) is 9.91. The number of nitrogens with zero attached hydrogens (tertiary/aromatic N) is 2. The summed E-state index contributed by atoms with van der Waals surface area (Å²) in [6.45, 7) is 3.59. The Morgan fingerprint density at radius 2 is 1.86 bits per heavy atom. The highest BCUT2D eigenvalue weighted by Gasteiger charge is 2.17. The van der Waals surface area contributed by atoms with E-state index in [2.05, 4.69) is 16.5 Å². The fraction of sp³-hybridized carbons (Fsp3) is 0.133. The minimum Gasteiger partial charge on any atom is -0.481 e. The van der Waals surface area contributed by atoms with E-state index in [0.29, 0.717) is 5.56 Å². The summed E-state index contributed by atoms with van der Waals surface area (Å²) in [5, 5.41) is 9.34. The maximum absolute atomic E-state index is 11.4. The third-order valence-electron chi connectivity index (χ3n) is 2.77. The van der Waals surface area contributed by atoms with Gasteiger partial charge in [0.05, 0.1) is 20.3 Å². The van der Waals surface area contributed by atoms with Gasteiger partial charge in [0.25, 0.3) is 0 Å². The molecule has 0 saturated carbocycles. The molecule has 0 spiro atoms. The Kier molecular flexibility index (Phi) is 4.57. The van der Waals surface area contributed by atoms with Crippen LogP contribution in [0.3, 0.4) is 0 Å². The average Bonchev–Trinajstić information content (AvgIpc) is 2.53. The lowest BCUT2D eigenvalue weighted by molar-refractivity contribution is 0.0694. The van der Waals surface area contributed by atoms with Gasteiger partial charge in [0, 0.05) is 0 Å². The first-order valence-corrected chi connectivity index (χ1v) is 6.22. The number of carboxylic acids is 1. The van der Waals surface area contributed by atoms with Gasteiger partial charge in [0.1, 0.15) is 11.3 Å². The molecule has 0 aliphatic carbocycles. The van der Waals surface area contributed by atoms with E-state index < -0.39 is 5.97 Å². The zero-order valence-electron chi connectivity index (χ0n) is 12.1. The maximum Gasteiger partial charge on any atom is 0.340 e. The van der Waals surface area contributed by atoms with E-state index in [1.807, 2.05) is 0 Å². The Morgan fingerprint density at radius 1 is 1.23 bits per heavy atom. The van der Waals surface area contributed by atoms with Gasteiger partial charge in [0.15, 0.2) is 0 Å². The predicted molar refractivity (Wildman–Crippen MR) is 78.7 cm³/mol. The lowest BCUT2D eigenvalue weighted by atomic mass is 10.1. The summed E-state index contributed by atoms with van der Waals surface area (Å²) in [6.07, 6.45) is 1.43. The Hall–Kier alpha value is -3.09. The van der Waals surface area contributed by atoms with Gasteiger partial charge in [-0.3, -0.25) is 0 Å². The quantitative estimate of drug-likeness (QED) is 0.877. The molecule has 22 heavy (non-hydrogen) atoms. The van der Waals surface area contributed by atoms with Gasteiger partial charge in [-0.05, 0) is 11.6 Å². The van der Waals surface area contributed by atoms with Crippen LogP contribution in [-0.4, -0.2) is 35.3 Å². The highest BCUT2D eigenvalue weighted by atomic mass is 16.5. The van der Waals surface area contributed by atoms with Crippen molar-refractivity contribution in [2.45, 2.75) is 0 Å². The van der Waals surface area contributed by atoms with Gasteiger partial charge in [-0.15, -0.1) is 0 Å². The summed E-state index contributed by atoms with van der Waals surface area (Å²) in [5.74, 6) is -0.572. The summed E-state index contributed by atoms with van der Waals surface area (Å²) >= 11 is 0. The molecule has 0 saturated heterocycles. The lowest BCUT2D eigenvalue weighted by Crippen LogP contribution is -2.04. The van der Waals surface area contributed by atoms with Crippen molar-refractivity contribution in [2.75, 3.05) is 14.2 Å². The number of hydrogen-bond acceptors (Lipinski definition) is 6. The van der Waals surface area contributed by atoms with Crippen molar-refractivity contribution in [3.05, 3.63) is 42.0 Å². The van der Waals surface area contributed by atoms with Crippen LogP contribution in [0.1, 0.15) is 15.9 Å². The third-order valence-corrected chi connectivity index (χ3v) is 2.77. The molecule has 7 nitrogen and oxygen atoms in total. The number of rotatable bonds is 6. The molecule has 0 bridgehead atoms. The fourth-order valence-corrected chi connectivity index (χ4v) is 1.77. The number of aromatic carboxylic acids is 1. The van der Waals surface area contributed by atoms with Crippen LogP contribution in [-0.2, 0) is 0 Å². The van der Waals surface area contributed by atoms with Crippen LogP contribution in [0.25, 0.3) is 6.08 Å². The monoisotopic (exact) mass is 302 g/mol. The number of ether oxygens (including phenoxy) is 3. The van der Waals surface area contributed by atoms with Gasteiger partial charge in [-0.25, -0.2) is 4.79 Å². The zero-order chi connectivity index (χ0) is 16.1. The van der Waals surface area contributed by atoms with Crippen LogP contribution < -0.4 is 14.2 Å². The highest BCUT2D eigenvalue weighted by Crippen LogP contribution is 2.29. The molecular formula is C15H14N2O5. The van der Waals surface area contributed by atoms with E-state index in [9.17, 15) is 9.90 Å². The van der Waals surface area contributed by atoms with E-state index in [1.165, 1.54) is 32.4 Å². The zero-order valence-corrected chi connectivity index (χ0v) is 12.1. The predicted octanol–water partition coefficient (Wildman–Crippen LogP) is 2.63. The smallest absolute Gasteiger partial charge is 0.340 e. The minimum atomic E-state index is -1.14. The first-order valence-electron chi connectivity index (χ1n) is 6.22. The van der Waals surface area contributed by atoms with E-state index >= 15 is 0 Å². The SMILES string of the molecule is C=Cc1cccc(Oc2nc(OC)cc(OC)n2)c1C(=O)O. The Balaban J connectivity index is 2.47. The van der Waals surface area contributed by atoms with Crippen LogP contribution >= 0.6 is 0 Å². The molecule has 1 N–H and O–H groups in total. The van der Waals surface area contributed by atoms with Crippen LogP contribution in [0.2, 0.25) is 0 Å². The van der Waals surface area contributed by atoms with Gasteiger partial charge in [0.2, 0.25) is 11.8 Å². The van der Waals surface area contributed by atoms with Crippen molar-refractivity contribution >= 4 is 12.0 Å². The summed E-state index contributed by atoms with van der Waals surface area (Å²) < 4.78 is 15.5. The lowest BCUT2D eigenvalue weighted by Gasteiger charge is -2.11. The molecular weight excluding hydrogens is 288 g/mol. The van der Waals surface area contributed by atoms with E-state index in [4.69, 9.17) is 14.2 Å². The van der Waals surface area contributed by atoms with E-state index in [1.54, 1.807) is 12.1 Å². The molecule has 7 heteroatoms. The van der Waals surface area contributed by atoms with Gasteiger partial charge in [-0.1, -0.05) is 24.8 Å². The number of hydrogen-bond donors (Lipinski definition) is 1. The first-order chi connectivity index (χ1) is 10.6. The molecule has 0 fully saturated rings. The van der Waals surface area contributed by atoms with Crippen molar-refractivity contribution in [1.29, 1.82) is 0 Å². The molecule has 0 radical (unpaired) electrons. The number of benzene rings is 1. The molecule has 1 heterocycles. The second-order valence-corrected chi connectivity index (χ2v) is 4.07. The Labute approximate surface area is 126 Å². The summed E-state index contributed by atoms with van der Waals surface area (Å²) in [5.41, 5.74) is 0.405.